The fraction of sp³-hybridized carbons (Fsp3) is 0.269. The molecule has 0 unspecified atom stereocenters. The maximum absolute atomic E-state index is 13.2. The van der Waals surface area contributed by atoms with E-state index in [1.807, 2.05) is 54.6 Å². The summed E-state index contributed by atoms with van der Waals surface area (Å²) < 4.78 is 39.5. The molecule has 3 rings (SSSR count). The Balaban J connectivity index is 1.76. The molecule has 7 nitrogen and oxygen atoms in total. The fourth-order valence-corrected chi connectivity index (χ4v) is 4.98. The number of hydrogen-bond acceptors (Lipinski definition) is 5. The van der Waals surface area contributed by atoms with Gasteiger partial charge in [-0.05, 0) is 60.7 Å². The highest BCUT2D eigenvalue weighted by Crippen LogP contribution is 2.25. The summed E-state index contributed by atoms with van der Waals surface area (Å²) in [5, 5.41) is 2.87. The lowest BCUT2D eigenvalue weighted by Gasteiger charge is -2.20. The van der Waals surface area contributed by atoms with Crippen molar-refractivity contribution in [2.75, 3.05) is 20.8 Å². The normalized spacial score (nSPS) is 12.1. The number of carbonyl (C=O) groups is 1. The van der Waals surface area contributed by atoms with Crippen molar-refractivity contribution in [1.82, 2.24) is 10.0 Å². The SMILES string of the molecule is COc1ccc(CCNC(=O)[C@H](Cc2ccccc2)NS(=O)(=O)c2cc(C)ccc2OC)cc1. The van der Waals surface area contributed by atoms with Crippen LogP contribution in [0, 0.1) is 6.92 Å². The van der Waals surface area contributed by atoms with E-state index in [9.17, 15) is 13.2 Å². The zero-order valence-corrected chi connectivity index (χ0v) is 20.4. The van der Waals surface area contributed by atoms with E-state index in [4.69, 9.17) is 9.47 Å². The van der Waals surface area contributed by atoms with Gasteiger partial charge in [0.05, 0.1) is 14.2 Å². The number of methoxy groups -OCH3 is 2. The van der Waals surface area contributed by atoms with Gasteiger partial charge in [0.1, 0.15) is 22.4 Å². The fourth-order valence-electron chi connectivity index (χ4n) is 3.53. The zero-order valence-electron chi connectivity index (χ0n) is 19.6. The van der Waals surface area contributed by atoms with E-state index in [1.54, 1.807) is 26.2 Å². The van der Waals surface area contributed by atoms with E-state index >= 15 is 0 Å². The molecule has 3 aromatic rings. The van der Waals surface area contributed by atoms with E-state index in [0.717, 1.165) is 22.4 Å². The van der Waals surface area contributed by atoms with Crippen LogP contribution in [-0.4, -0.2) is 41.1 Å². The van der Waals surface area contributed by atoms with Crippen molar-refractivity contribution in [2.24, 2.45) is 0 Å². The van der Waals surface area contributed by atoms with E-state index in [0.29, 0.717) is 13.0 Å². The number of ether oxygens (including phenoxy) is 2. The minimum absolute atomic E-state index is 0.000838. The molecule has 1 atom stereocenters. The Bertz CT molecular complexity index is 1200. The summed E-state index contributed by atoms with van der Waals surface area (Å²) >= 11 is 0. The molecule has 34 heavy (non-hydrogen) atoms. The number of rotatable bonds is 11. The van der Waals surface area contributed by atoms with Crippen LogP contribution in [0.4, 0.5) is 0 Å². The van der Waals surface area contributed by atoms with Gasteiger partial charge in [0.15, 0.2) is 0 Å². The monoisotopic (exact) mass is 482 g/mol. The molecule has 8 heteroatoms. The lowest BCUT2D eigenvalue weighted by atomic mass is 10.1. The van der Waals surface area contributed by atoms with E-state index in [1.165, 1.54) is 13.2 Å². The first-order chi connectivity index (χ1) is 16.3. The van der Waals surface area contributed by atoms with Crippen LogP contribution in [0.3, 0.4) is 0 Å². The summed E-state index contributed by atoms with van der Waals surface area (Å²) in [5.74, 6) is 0.584. The van der Waals surface area contributed by atoms with Crippen molar-refractivity contribution in [2.45, 2.75) is 30.7 Å². The Morgan fingerprint density at radius 1 is 0.912 bits per heavy atom. The second-order valence-electron chi connectivity index (χ2n) is 7.91. The van der Waals surface area contributed by atoms with Crippen LogP contribution in [0.25, 0.3) is 0 Å². The van der Waals surface area contributed by atoms with E-state index in [-0.39, 0.29) is 17.1 Å². The molecule has 180 valence electrons. The van der Waals surface area contributed by atoms with Crippen LogP contribution in [0.2, 0.25) is 0 Å². The van der Waals surface area contributed by atoms with Gasteiger partial charge in [-0.15, -0.1) is 0 Å². The molecule has 0 aliphatic rings. The highest BCUT2D eigenvalue weighted by Gasteiger charge is 2.28. The van der Waals surface area contributed by atoms with Crippen molar-refractivity contribution >= 4 is 15.9 Å². The molecule has 1 amide bonds. The molecule has 0 spiro atoms. The lowest BCUT2D eigenvalue weighted by Crippen LogP contribution is -2.48. The Morgan fingerprint density at radius 2 is 1.62 bits per heavy atom. The summed E-state index contributed by atoms with van der Waals surface area (Å²) in [7, 11) is -1.00. The number of amides is 1. The number of carbonyl (C=O) groups excluding carboxylic acids is 1. The van der Waals surface area contributed by atoms with Gasteiger partial charge in [-0.1, -0.05) is 48.5 Å². The third kappa shape index (κ3) is 6.82. The second-order valence-corrected chi connectivity index (χ2v) is 9.59. The molecule has 3 aromatic carbocycles. The third-order valence-electron chi connectivity index (χ3n) is 5.38. The van der Waals surface area contributed by atoms with Gasteiger partial charge in [0.2, 0.25) is 15.9 Å². The number of nitrogens with one attached hydrogen (secondary N) is 2. The maximum Gasteiger partial charge on any atom is 0.244 e. The molecule has 0 saturated heterocycles. The highest BCUT2D eigenvalue weighted by molar-refractivity contribution is 7.89. The molecule has 0 heterocycles. The molecule has 0 saturated carbocycles. The quantitative estimate of drug-likeness (QED) is 0.438. The van der Waals surface area contributed by atoms with Crippen molar-refractivity contribution in [3.05, 3.63) is 89.5 Å². The Hall–Kier alpha value is -3.36. The van der Waals surface area contributed by atoms with E-state index in [2.05, 4.69) is 10.0 Å². The number of aryl methyl sites for hydroxylation is 1. The van der Waals surface area contributed by atoms with Gasteiger partial charge >= 0.3 is 0 Å². The Kier molecular flexibility index (Phi) is 8.67. The van der Waals surface area contributed by atoms with E-state index < -0.39 is 22.0 Å². The average Bonchev–Trinajstić information content (AvgIpc) is 2.84. The predicted molar refractivity (Wildman–Crippen MR) is 132 cm³/mol. The number of benzene rings is 3. The Labute approximate surface area is 201 Å². The molecular weight excluding hydrogens is 452 g/mol. The first-order valence-corrected chi connectivity index (χ1v) is 12.4. The second kappa shape index (κ2) is 11.7. The minimum Gasteiger partial charge on any atom is -0.497 e. The van der Waals surface area contributed by atoms with Gasteiger partial charge in [0.25, 0.3) is 0 Å². The average molecular weight is 483 g/mol. The summed E-state index contributed by atoms with van der Waals surface area (Å²) in [6.45, 7) is 2.16. The molecule has 0 fully saturated rings. The summed E-state index contributed by atoms with van der Waals surface area (Å²) in [6, 6.07) is 20.8. The van der Waals surface area contributed by atoms with Crippen LogP contribution in [0.15, 0.2) is 77.7 Å². The standard InChI is InChI=1S/C26H30N2O5S/c1-19-9-14-24(33-3)25(17-19)34(30,31)28-23(18-21-7-5-4-6-8-21)26(29)27-16-15-20-10-12-22(32-2)13-11-20/h4-14,17,23,28H,15-16,18H2,1-3H3,(H,27,29)/t23-/m0/s1. The van der Waals surface area contributed by atoms with Crippen LogP contribution >= 0.6 is 0 Å². The predicted octanol–water partition coefficient (Wildman–Crippen LogP) is 3.26. The third-order valence-corrected chi connectivity index (χ3v) is 6.87. The number of sulfonamides is 1. The molecule has 0 aromatic heterocycles. The summed E-state index contributed by atoms with van der Waals surface area (Å²) in [5.41, 5.74) is 2.65. The van der Waals surface area contributed by atoms with Crippen LogP contribution in [-0.2, 0) is 27.7 Å². The largest absolute Gasteiger partial charge is 0.497 e. The van der Waals surface area contributed by atoms with Gasteiger partial charge in [0, 0.05) is 6.54 Å². The minimum atomic E-state index is -4.02. The van der Waals surface area contributed by atoms with Gasteiger partial charge in [-0.2, -0.15) is 4.72 Å². The molecule has 0 bridgehead atoms. The Morgan fingerprint density at radius 3 is 2.26 bits per heavy atom. The zero-order chi connectivity index (χ0) is 24.6. The topological polar surface area (TPSA) is 93.7 Å². The summed E-state index contributed by atoms with van der Waals surface area (Å²) in [6.07, 6.45) is 0.814. The van der Waals surface area contributed by atoms with Crippen molar-refractivity contribution in [3.8, 4) is 11.5 Å². The van der Waals surface area contributed by atoms with Crippen molar-refractivity contribution in [1.29, 1.82) is 0 Å². The smallest absolute Gasteiger partial charge is 0.244 e. The van der Waals surface area contributed by atoms with Gasteiger partial charge in [-0.3, -0.25) is 4.79 Å². The first-order valence-electron chi connectivity index (χ1n) is 10.9. The highest BCUT2D eigenvalue weighted by atomic mass is 32.2. The molecule has 2 N–H and O–H groups in total. The van der Waals surface area contributed by atoms with Crippen molar-refractivity contribution < 1.29 is 22.7 Å². The van der Waals surface area contributed by atoms with Crippen LogP contribution in [0.1, 0.15) is 16.7 Å². The van der Waals surface area contributed by atoms with Crippen LogP contribution in [0.5, 0.6) is 11.5 Å². The van der Waals surface area contributed by atoms with Crippen molar-refractivity contribution in [3.63, 3.8) is 0 Å². The van der Waals surface area contributed by atoms with Crippen LogP contribution < -0.4 is 19.5 Å². The summed E-state index contributed by atoms with van der Waals surface area (Å²) in [4.78, 5) is 13.1. The maximum atomic E-state index is 13.2. The lowest BCUT2D eigenvalue weighted by molar-refractivity contribution is -0.122. The van der Waals surface area contributed by atoms with Gasteiger partial charge in [-0.25, -0.2) is 8.42 Å². The van der Waals surface area contributed by atoms with Gasteiger partial charge < -0.3 is 14.8 Å². The number of hydrogen-bond donors (Lipinski definition) is 2. The molecule has 0 radical (unpaired) electrons. The molecule has 0 aliphatic carbocycles. The first kappa shape index (κ1) is 25.3. The molecule has 0 aliphatic heterocycles. The molecular formula is C26H30N2O5S.